The van der Waals surface area contributed by atoms with Crippen molar-refractivity contribution in [3.05, 3.63) is 144 Å². The second-order valence-electron chi connectivity index (χ2n) is 11.8. The summed E-state index contributed by atoms with van der Waals surface area (Å²) in [7, 11) is 0. The van der Waals surface area contributed by atoms with E-state index in [1.54, 1.807) is 31.2 Å². The molecule has 0 aromatic heterocycles. The molecule has 0 atom stereocenters. The summed E-state index contributed by atoms with van der Waals surface area (Å²) >= 11 is 10.5. The van der Waals surface area contributed by atoms with Gasteiger partial charge in [-0.15, -0.1) is 0 Å². The maximum atomic E-state index is 14.3. The van der Waals surface area contributed by atoms with Crippen LogP contribution in [0, 0.1) is 0 Å². The van der Waals surface area contributed by atoms with E-state index in [4.69, 9.17) is 9.15 Å². The van der Waals surface area contributed by atoms with Crippen LogP contribution in [0.1, 0.15) is 17.3 Å². The molecule has 1 aliphatic carbocycles. The van der Waals surface area contributed by atoms with Crippen LogP contribution in [-0.4, -0.2) is 12.6 Å². The van der Waals surface area contributed by atoms with E-state index in [2.05, 4.69) is 84.2 Å². The smallest absolute Gasteiger partial charge is 0.871 e. The van der Waals surface area contributed by atoms with E-state index in [-0.39, 0.29) is 63.2 Å². The van der Waals surface area contributed by atoms with Gasteiger partial charge >= 0.3 is 35.5 Å². The molecule has 0 unspecified atom stereocenters. The van der Waals surface area contributed by atoms with Crippen molar-refractivity contribution in [1.29, 1.82) is 0 Å². The maximum Gasteiger partial charge on any atom is 1.00 e. The number of ether oxygens (including phenoxy) is 1. The fraction of sp³-hybridized carbons (Fsp3) is 0.0476. The van der Waals surface area contributed by atoms with Crippen molar-refractivity contribution in [2.45, 2.75) is 6.92 Å². The van der Waals surface area contributed by atoms with Gasteiger partial charge in [0.1, 0.15) is 10.1 Å². The molecule has 51 heavy (non-hydrogen) atoms. The molecule has 0 bridgehead atoms. The molecule has 8 rings (SSSR count). The number of rotatable bonds is 5. The summed E-state index contributed by atoms with van der Waals surface area (Å²) in [5.74, 6) is -0.513. The first kappa shape index (κ1) is 35.6. The summed E-state index contributed by atoms with van der Waals surface area (Å²) in [6, 6.07) is 37.1. The van der Waals surface area contributed by atoms with Crippen molar-refractivity contribution in [3.63, 3.8) is 0 Å². The van der Waals surface area contributed by atoms with Crippen LogP contribution in [0.25, 0.3) is 77.2 Å². The average molecular weight is 871 g/mol. The van der Waals surface area contributed by atoms with Gasteiger partial charge < -0.3 is 14.3 Å². The number of carbonyl (C=O) groups is 1. The zero-order valence-corrected chi connectivity index (χ0v) is 34.1. The van der Waals surface area contributed by atoms with Crippen LogP contribution < -0.4 is 40.1 Å². The Hall–Kier alpha value is -3.76. The van der Waals surface area contributed by atoms with E-state index in [9.17, 15) is 14.7 Å². The van der Waals surface area contributed by atoms with E-state index in [1.165, 1.54) is 0 Å². The Balaban J connectivity index is 0.00000406. The molecule has 5 nitrogen and oxygen atoms in total. The summed E-state index contributed by atoms with van der Waals surface area (Å²) in [5.41, 5.74) is 5.18. The third-order valence-electron chi connectivity index (χ3n) is 9.03. The van der Waals surface area contributed by atoms with Crippen LogP contribution >= 0.6 is 47.8 Å². The van der Waals surface area contributed by atoms with Crippen LogP contribution in [0.2, 0.25) is 0 Å². The van der Waals surface area contributed by atoms with Gasteiger partial charge in [-0.3, -0.25) is 4.79 Å². The molecule has 0 spiro atoms. The Morgan fingerprint density at radius 3 is 2.04 bits per heavy atom. The van der Waals surface area contributed by atoms with Gasteiger partial charge in [-0.2, -0.15) is 0 Å². The third kappa shape index (κ3) is 5.96. The fourth-order valence-electron chi connectivity index (χ4n) is 6.86. The average Bonchev–Trinajstić information content (AvgIpc) is 3.14. The first-order chi connectivity index (χ1) is 24.3. The molecule has 0 N–H and O–H groups in total. The number of hydrogen-bond donors (Lipinski definition) is 0. The summed E-state index contributed by atoms with van der Waals surface area (Å²) in [6.45, 7) is 1.96. The Kier molecular flexibility index (Phi) is 10.0. The van der Waals surface area contributed by atoms with Gasteiger partial charge in [0.05, 0.1) is 16.6 Å². The third-order valence-corrected chi connectivity index (χ3v) is 10.9. The minimum absolute atomic E-state index is 0. The predicted octanol–water partition coefficient (Wildman–Crippen LogP) is 8.75. The van der Waals surface area contributed by atoms with Crippen LogP contribution in [-0.2, 0) is 4.74 Å². The molecule has 0 amide bonds. The van der Waals surface area contributed by atoms with E-state index in [1.807, 2.05) is 54.6 Å². The molecule has 0 fully saturated rings. The van der Waals surface area contributed by atoms with Gasteiger partial charge in [-0.25, -0.2) is 4.79 Å². The van der Waals surface area contributed by atoms with Crippen molar-refractivity contribution in [3.8, 4) is 50.5 Å². The van der Waals surface area contributed by atoms with E-state index >= 15 is 0 Å². The number of carbonyl (C=O) groups excluding carboxylic acids is 1. The van der Waals surface area contributed by atoms with Gasteiger partial charge in [-0.05, 0) is 101 Å². The van der Waals surface area contributed by atoms with E-state index < -0.39 is 5.97 Å². The summed E-state index contributed by atoms with van der Waals surface area (Å²) < 4.78 is 12.9. The van der Waals surface area contributed by atoms with Crippen molar-refractivity contribution < 1.29 is 48.6 Å². The summed E-state index contributed by atoms with van der Waals surface area (Å²) in [6.07, 6.45) is 0. The first-order valence-corrected chi connectivity index (χ1v) is 18.2. The predicted molar refractivity (Wildman–Crippen MR) is 209 cm³/mol. The second-order valence-corrected chi connectivity index (χ2v) is 14.3. The topological polar surface area (TPSA) is 79.6 Å². The van der Waals surface area contributed by atoms with E-state index in [0.29, 0.717) is 47.7 Å². The molecule has 1 heterocycles. The number of benzene rings is 7. The first-order valence-electron chi connectivity index (χ1n) is 15.8. The van der Waals surface area contributed by atoms with E-state index in [0.717, 1.165) is 32.7 Å². The minimum Gasteiger partial charge on any atom is -0.871 e. The Labute approximate surface area is 340 Å². The van der Waals surface area contributed by atoms with Crippen LogP contribution in [0.5, 0.6) is 5.75 Å². The SMILES string of the molecule is CCOC(=O)c1ccccc1-c1c2cc(Br)c(=O)c(Br)c-2oc2c(-c3ccc(-c4cccc5ccccc45)c4ccccc34)c([O-])c(Br)cc12.[Na+]. The molecule has 2 aliphatic rings. The Morgan fingerprint density at radius 2 is 1.27 bits per heavy atom. The van der Waals surface area contributed by atoms with Gasteiger partial charge in [0, 0.05) is 26.5 Å². The van der Waals surface area contributed by atoms with Gasteiger partial charge in [0.2, 0.25) is 5.43 Å². The monoisotopic (exact) mass is 868 g/mol. The van der Waals surface area contributed by atoms with Gasteiger partial charge in [-0.1, -0.05) is 119 Å². The summed E-state index contributed by atoms with van der Waals surface area (Å²) in [4.78, 5) is 26.6. The molecule has 0 saturated carbocycles. The van der Waals surface area contributed by atoms with Gasteiger partial charge in [0.25, 0.3) is 0 Å². The molecular weight excluding hydrogens is 847 g/mol. The fourth-order valence-corrected chi connectivity index (χ4v) is 8.49. The van der Waals surface area contributed by atoms with Gasteiger partial charge in [0.15, 0.2) is 5.76 Å². The minimum atomic E-state index is -0.487. The van der Waals surface area contributed by atoms with Crippen molar-refractivity contribution >= 4 is 86.3 Å². The van der Waals surface area contributed by atoms with Crippen molar-refractivity contribution in [2.24, 2.45) is 0 Å². The molecular formula is C42H24Br3NaO5. The van der Waals surface area contributed by atoms with Crippen molar-refractivity contribution in [1.82, 2.24) is 0 Å². The molecule has 244 valence electrons. The number of halogens is 3. The second kappa shape index (κ2) is 14.3. The molecule has 9 heteroatoms. The number of fused-ring (bicyclic) bond motifs is 4. The maximum absolute atomic E-state index is 14.3. The van der Waals surface area contributed by atoms with Crippen LogP contribution in [0.4, 0.5) is 0 Å². The quantitative estimate of drug-likeness (QED) is 0.0983. The van der Waals surface area contributed by atoms with Crippen LogP contribution in [0.15, 0.2) is 138 Å². The molecule has 0 saturated heterocycles. The number of esters is 1. The Morgan fingerprint density at radius 1 is 0.667 bits per heavy atom. The van der Waals surface area contributed by atoms with Crippen LogP contribution in [0.3, 0.4) is 0 Å². The largest absolute Gasteiger partial charge is 1.00 e. The normalized spacial score (nSPS) is 11.3. The zero-order valence-electron chi connectivity index (χ0n) is 27.4. The number of hydrogen-bond acceptors (Lipinski definition) is 5. The standard InChI is InChI=1S/C42H25Br3O5.Na/c1-2-49-42(48)30-16-8-7-15-28(30)35-31-20-33(43)38(46)36(40(31)50-41-32(35)21-34(44)39(47)37(41)45)29-19-18-27(25-13-5-6-14-26(25)29)24-17-9-11-22-10-3-4-12-23(22)24;/h3-21,46H,2H2,1H3;/q;+1/p-1. The summed E-state index contributed by atoms with van der Waals surface area (Å²) in [5, 5.41) is 19.0. The Bertz CT molecular complexity index is 2720. The molecule has 0 radical (unpaired) electrons. The molecule has 6 aromatic rings. The molecule has 1 aliphatic heterocycles. The van der Waals surface area contributed by atoms with Crippen molar-refractivity contribution in [2.75, 3.05) is 6.61 Å². The zero-order chi connectivity index (χ0) is 34.7. The molecule has 6 aromatic carbocycles.